The molecule has 1 amide bonds. The van der Waals surface area contributed by atoms with Gasteiger partial charge in [0.05, 0.1) is 6.54 Å². The summed E-state index contributed by atoms with van der Waals surface area (Å²) in [5, 5.41) is 3.39. The topological polar surface area (TPSA) is 38.8 Å². The zero-order valence-electron chi connectivity index (χ0n) is 15.6. The quantitative estimate of drug-likeness (QED) is 0.765. The van der Waals surface area contributed by atoms with Crippen molar-refractivity contribution in [3.63, 3.8) is 0 Å². The zero-order valence-corrected chi connectivity index (χ0v) is 15.6. The van der Waals surface area contributed by atoms with Crippen LogP contribution < -0.4 is 5.32 Å². The average Bonchev–Trinajstić information content (AvgIpc) is 2.49. The number of carbonyl (C=O) groups excluding carboxylic acids is 1. The molecule has 2 aliphatic heterocycles. The number of nitrogens with zero attached hydrogens (tertiary/aromatic N) is 3. The van der Waals surface area contributed by atoms with Crippen molar-refractivity contribution in [2.24, 2.45) is 5.92 Å². The van der Waals surface area contributed by atoms with E-state index in [1.807, 2.05) is 4.90 Å². The predicted molar refractivity (Wildman–Crippen MR) is 95.6 cm³/mol. The molecule has 0 atom stereocenters. The van der Waals surface area contributed by atoms with Gasteiger partial charge in [-0.05, 0) is 45.7 Å². The van der Waals surface area contributed by atoms with E-state index < -0.39 is 0 Å². The van der Waals surface area contributed by atoms with Gasteiger partial charge in [0, 0.05) is 44.8 Å². The molecular formula is C18H36N4O. The number of piperazine rings is 1. The third-order valence-corrected chi connectivity index (χ3v) is 5.23. The molecule has 1 N–H and O–H groups in total. The molecule has 0 spiro atoms. The van der Waals surface area contributed by atoms with Gasteiger partial charge in [0.15, 0.2) is 0 Å². The lowest BCUT2D eigenvalue weighted by molar-refractivity contribution is -0.136. The van der Waals surface area contributed by atoms with E-state index in [2.05, 4.69) is 42.8 Å². The SMILES string of the molecule is CC(C)NCCN1CCN(CC2CCN(C(C)C)CC2)CC1=O. The first-order chi connectivity index (χ1) is 11.0. The van der Waals surface area contributed by atoms with E-state index in [0.717, 1.165) is 38.6 Å². The van der Waals surface area contributed by atoms with Crippen molar-refractivity contribution in [2.45, 2.75) is 52.6 Å². The normalized spacial score (nSPS) is 22.5. The van der Waals surface area contributed by atoms with Crippen LogP contribution in [0.1, 0.15) is 40.5 Å². The molecule has 2 saturated heterocycles. The molecule has 2 heterocycles. The van der Waals surface area contributed by atoms with E-state index in [1.54, 1.807) is 0 Å². The van der Waals surface area contributed by atoms with Crippen molar-refractivity contribution in [1.29, 1.82) is 0 Å². The Morgan fingerprint density at radius 3 is 2.35 bits per heavy atom. The number of amides is 1. The minimum absolute atomic E-state index is 0.307. The lowest BCUT2D eigenvalue weighted by Gasteiger charge is -2.39. The molecular weight excluding hydrogens is 288 g/mol. The lowest BCUT2D eigenvalue weighted by atomic mass is 9.95. The monoisotopic (exact) mass is 324 g/mol. The summed E-state index contributed by atoms with van der Waals surface area (Å²) in [5.74, 6) is 1.08. The lowest BCUT2D eigenvalue weighted by Crippen LogP contribution is -2.53. The molecule has 0 bridgehead atoms. The number of nitrogens with one attached hydrogen (secondary N) is 1. The van der Waals surface area contributed by atoms with E-state index in [9.17, 15) is 4.79 Å². The molecule has 134 valence electrons. The van der Waals surface area contributed by atoms with Gasteiger partial charge in [0.25, 0.3) is 0 Å². The van der Waals surface area contributed by atoms with Gasteiger partial charge in [-0.1, -0.05) is 13.8 Å². The second-order valence-electron chi connectivity index (χ2n) is 7.80. The first kappa shape index (κ1) is 18.7. The highest BCUT2D eigenvalue weighted by Crippen LogP contribution is 2.20. The molecule has 0 aromatic rings. The Morgan fingerprint density at radius 2 is 1.78 bits per heavy atom. The van der Waals surface area contributed by atoms with Crippen LogP contribution in [0.4, 0.5) is 0 Å². The van der Waals surface area contributed by atoms with E-state index in [1.165, 1.54) is 25.9 Å². The highest BCUT2D eigenvalue weighted by molar-refractivity contribution is 5.79. The summed E-state index contributed by atoms with van der Waals surface area (Å²) in [4.78, 5) is 19.3. The second-order valence-corrected chi connectivity index (χ2v) is 7.80. The first-order valence-electron chi connectivity index (χ1n) is 9.43. The Balaban J connectivity index is 1.66. The van der Waals surface area contributed by atoms with Crippen LogP contribution in [0.5, 0.6) is 0 Å². The van der Waals surface area contributed by atoms with Crippen molar-refractivity contribution in [3.8, 4) is 0 Å². The Labute approximate surface area is 142 Å². The van der Waals surface area contributed by atoms with Crippen LogP contribution in [0.25, 0.3) is 0 Å². The maximum atomic E-state index is 12.3. The smallest absolute Gasteiger partial charge is 0.236 e. The third kappa shape index (κ3) is 6.05. The number of piperidine rings is 1. The predicted octanol–water partition coefficient (Wildman–Crippen LogP) is 1.25. The highest BCUT2D eigenvalue weighted by atomic mass is 16.2. The average molecular weight is 325 g/mol. The molecule has 0 aliphatic carbocycles. The van der Waals surface area contributed by atoms with E-state index >= 15 is 0 Å². The largest absolute Gasteiger partial charge is 0.339 e. The highest BCUT2D eigenvalue weighted by Gasteiger charge is 2.27. The van der Waals surface area contributed by atoms with Gasteiger partial charge < -0.3 is 15.1 Å². The van der Waals surface area contributed by atoms with Crippen LogP contribution in [-0.2, 0) is 4.79 Å². The summed E-state index contributed by atoms with van der Waals surface area (Å²) in [5.41, 5.74) is 0. The summed E-state index contributed by atoms with van der Waals surface area (Å²) >= 11 is 0. The van der Waals surface area contributed by atoms with Gasteiger partial charge in [0.1, 0.15) is 0 Å². The van der Waals surface area contributed by atoms with Crippen molar-refractivity contribution in [2.75, 3.05) is 52.4 Å². The molecule has 5 nitrogen and oxygen atoms in total. The van der Waals surface area contributed by atoms with Crippen molar-refractivity contribution in [1.82, 2.24) is 20.0 Å². The minimum atomic E-state index is 0.307. The van der Waals surface area contributed by atoms with Crippen molar-refractivity contribution < 1.29 is 4.79 Å². The summed E-state index contributed by atoms with van der Waals surface area (Å²) in [6.45, 7) is 16.7. The number of carbonyl (C=O) groups is 1. The third-order valence-electron chi connectivity index (χ3n) is 5.23. The van der Waals surface area contributed by atoms with Crippen LogP contribution in [0.2, 0.25) is 0 Å². The summed E-state index contributed by atoms with van der Waals surface area (Å²) in [6.07, 6.45) is 2.57. The fourth-order valence-electron chi connectivity index (χ4n) is 3.65. The van der Waals surface area contributed by atoms with Crippen LogP contribution >= 0.6 is 0 Å². The zero-order chi connectivity index (χ0) is 16.8. The maximum absolute atomic E-state index is 12.3. The van der Waals surface area contributed by atoms with Crippen LogP contribution in [0.3, 0.4) is 0 Å². The fourth-order valence-corrected chi connectivity index (χ4v) is 3.65. The minimum Gasteiger partial charge on any atom is -0.339 e. The number of hydrogen-bond donors (Lipinski definition) is 1. The molecule has 5 heteroatoms. The van der Waals surface area contributed by atoms with E-state index in [0.29, 0.717) is 24.5 Å². The second kappa shape index (κ2) is 9.00. The van der Waals surface area contributed by atoms with Gasteiger partial charge in [-0.15, -0.1) is 0 Å². The van der Waals surface area contributed by atoms with Gasteiger partial charge in [-0.2, -0.15) is 0 Å². The molecule has 0 aromatic carbocycles. The van der Waals surface area contributed by atoms with E-state index in [-0.39, 0.29) is 0 Å². The molecule has 0 unspecified atom stereocenters. The fraction of sp³-hybridized carbons (Fsp3) is 0.944. The molecule has 2 aliphatic rings. The number of likely N-dealkylation sites (tertiary alicyclic amines) is 1. The Kier molecular flexibility index (Phi) is 7.31. The Hall–Kier alpha value is -0.650. The summed E-state index contributed by atoms with van der Waals surface area (Å²) < 4.78 is 0. The summed E-state index contributed by atoms with van der Waals surface area (Å²) in [7, 11) is 0. The molecule has 0 radical (unpaired) electrons. The van der Waals surface area contributed by atoms with Crippen LogP contribution in [0, 0.1) is 5.92 Å². The summed E-state index contributed by atoms with van der Waals surface area (Å²) in [6, 6.07) is 1.16. The van der Waals surface area contributed by atoms with Crippen molar-refractivity contribution >= 4 is 5.91 Å². The van der Waals surface area contributed by atoms with Crippen LogP contribution in [0.15, 0.2) is 0 Å². The van der Waals surface area contributed by atoms with Crippen LogP contribution in [-0.4, -0.2) is 85.0 Å². The van der Waals surface area contributed by atoms with Crippen molar-refractivity contribution in [3.05, 3.63) is 0 Å². The maximum Gasteiger partial charge on any atom is 0.236 e. The van der Waals surface area contributed by atoms with E-state index in [4.69, 9.17) is 0 Å². The van der Waals surface area contributed by atoms with Gasteiger partial charge in [-0.3, -0.25) is 9.69 Å². The first-order valence-corrected chi connectivity index (χ1v) is 9.43. The molecule has 2 fully saturated rings. The van der Waals surface area contributed by atoms with Gasteiger partial charge >= 0.3 is 0 Å². The Bertz CT molecular complexity index is 364. The molecule has 0 aromatic heterocycles. The molecule has 23 heavy (non-hydrogen) atoms. The molecule has 2 rings (SSSR count). The van der Waals surface area contributed by atoms with Gasteiger partial charge in [0.2, 0.25) is 5.91 Å². The Morgan fingerprint density at radius 1 is 1.09 bits per heavy atom. The number of hydrogen-bond acceptors (Lipinski definition) is 4. The standard InChI is InChI=1S/C18H36N4O/c1-15(2)19-7-10-22-12-11-20(14-18(22)23)13-17-5-8-21(9-6-17)16(3)4/h15-17,19H,5-14H2,1-4H3. The molecule has 0 saturated carbocycles. The number of rotatable bonds is 7. The van der Waals surface area contributed by atoms with Gasteiger partial charge in [-0.25, -0.2) is 0 Å².